The molecule has 0 aliphatic heterocycles. The van der Waals surface area contributed by atoms with E-state index < -0.39 is 6.10 Å². The number of aliphatic hydroxyl groups is 1. The van der Waals surface area contributed by atoms with Crippen molar-refractivity contribution in [1.29, 1.82) is 0 Å². The predicted molar refractivity (Wildman–Crippen MR) is 57.6 cm³/mol. The minimum atomic E-state index is -0.635. The van der Waals surface area contributed by atoms with Gasteiger partial charge in [0, 0.05) is 10.0 Å². The first kappa shape index (κ1) is 11.6. The lowest BCUT2D eigenvalue weighted by molar-refractivity contribution is 0.148. The van der Waals surface area contributed by atoms with E-state index in [-0.39, 0.29) is 11.9 Å². The minimum Gasteiger partial charge on any atom is -0.391 e. The molecule has 0 heterocycles. The molecule has 0 spiro atoms. The van der Waals surface area contributed by atoms with Gasteiger partial charge in [0.25, 0.3) is 0 Å². The summed E-state index contributed by atoms with van der Waals surface area (Å²) in [6.45, 7) is 1.63. The molecule has 1 aromatic carbocycles. The molecule has 2 N–H and O–H groups in total. The molecular weight excluding hydrogens is 249 g/mol. The monoisotopic (exact) mass is 261 g/mol. The van der Waals surface area contributed by atoms with Crippen LogP contribution in [0.1, 0.15) is 18.5 Å². The van der Waals surface area contributed by atoms with Crippen LogP contribution in [0, 0.1) is 5.82 Å². The van der Waals surface area contributed by atoms with E-state index in [4.69, 9.17) is 0 Å². The number of nitrogens with one attached hydrogen (secondary N) is 1. The molecule has 2 nitrogen and oxygen atoms in total. The van der Waals surface area contributed by atoms with Crippen molar-refractivity contribution in [3.05, 3.63) is 34.1 Å². The van der Waals surface area contributed by atoms with E-state index in [1.165, 1.54) is 6.07 Å². The molecule has 0 saturated heterocycles. The third-order valence-corrected chi connectivity index (χ3v) is 2.58. The lowest BCUT2D eigenvalue weighted by Crippen LogP contribution is -2.27. The van der Waals surface area contributed by atoms with Crippen LogP contribution in [0.25, 0.3) is 0 Å². The van der Waals surface area contributed by atoms with Crippen LogP contribution in [0.5, 0.6) is 0 Å². The fourth-order valence-electron chi connectivity index (χ4n) is 1.41. The van der Waals surface area contributed by atoms with E-state index in [0.29, 0.717) is 5.56 Å². The zero-order valence-corrected chi connectivity index (χ0v) is 9.68. The van der Waals surface area contributed by atoms with Crippen molar-refractivity contribution in [2.75, 3.05) is 7.05 Å². The Morgan fingerprint density at radius 1 is 1.50 bits per heavy atom. The molecule has 0 radical (unpaired) electrons. The van der Waals surface area contributed by atoms with Crippen LogP contribution < -0.4 is 5.32 Å². The van der Waals surface area contributed by atoms with Crippen molar-refractivity contribution in [2.45, 2.75) is 19.1 Å². The lowest BCUT2D eigenvalue weighted by Gasteiger charge is -2.20. The maximum Gasteiger partial charge on any atom is 0.128 e. The molecule has 0 bridgehead atoms. The molecule has 0 aliphatic carbocycles. The van der Waals surface area contributed by atoms with Crippen molar-refractivity contribution < 1.29 is 9.50 Å². The number of benzene rings is 1. The summed E-state index contributed by atoms with van der Waals surface area (Å²) in [5.41, 5.74) is 0.469. The fraction of sp³-hybridized carbons (Fsp3) is 0.400. The van der Waals surface area contributed by atoms with Crippen LogP contribution in [0.3, 0.4) is 0 Å². The lowest BCUT2D eigenvalue weighted by atomic mass is 10.0. The highest BCUT2D eigenvalue weighted by molar-refractivity contribution is 9.10. The maximum absolute atomic E-state index is 13.4. The average molecular weight is 262 g/mol. The third-order valence-electron chi connectivity index (χ3n) is 2.09. The molecule has 0 aliphatic rings. The van der Waals surface area contributed by atoms with Gasteiger partial charge in [-0.25, -0.2) is 4.39 Å². The van der Waals surface area contributed by atoms with Crippen molar-refractivity contribution >= 4 is 15.9 Å². The number of halogens is 2. The average Bonchev–Trinajstić information content (AvgIpc) is 2.11. The quantitative estimate of drug-likeness (QED) is 0.875. The van der Waals surface area contributed by atoms with Gasteiger partial charge in [-0.3, -0.25) is 0 Å². The SMILES string of the molecule is CNC(c1cc(Br)ccc1F)C(C)O. The fourth-order valence-corrected chi connectivity index (χ4v) is 1.79. The standard InChI is InChI=1S/C10H13BrFNO/c1-6(14)10(13-2)8-5-7(11)3-4-9(8)12/h3-6,10,13-14H,1-2H3. The number of hydrogen-bond donors (Lipinski definition) is 2. The largest absolute Gasteiger partial charge is 0.391 e. The van der Waals surface area contributed by atoms with Gasteiger partial charge in [0.15, 0.2) is 0 Å². The first-order valence-electron chi connectivity index (χ1n) is 4.36. The van der Waals surface area contributed by atoms with Crippen molar-refractivity contribution in [1.82, 2.24) is 5.32 Å². The van der Waals surface area contributed by atoms with Crippen molar-refractivity contribution in [2.24, 2.45) is 0 Å². The zero-order valence-electron chi connectivity index (χ0n) is 8.09. The Hall–Kier alpha value is -0.450. The first-order valence-corrected chi connectivity index (χ1v) is 5.16. The second-order valence-corrected chi connectivity index (χ2v) is 4.09. The van der Waals surface area contributed by atoms with Gasteiger partial charge in [-0.15, -0.1) is 0 Å². The van der Waals surface area contributed by atoms with Crippen LogP contribution in [-0.2, 0) is 0 Å². The van der Waals surface area contributed by atoms with Crippen LogP contribution in [-0.4, -0.2) is 18.3 Å². The Morgan fingerprint density at radius 3 is 2.64 bits per heavy atom. The van der Waals surface area contributed by atoms with Gasteiger partial charge in [-0.2, -0.15) is 0 Å². The van der Waals surface area contributed by atoms with Gasteiger partial charge in [0.1, 0.15) is 5.82 Å². The minimum absolute atomic E-state index is 0.312. The Kier molecular flexibility index (Phi) is 4.04. The van der Waals surface area contributed by atoms with Crippen LogP contribution in [0.15, 0.2) is 22.7 Å². The smallest absolute Gasteiger partial charge is 0.128 e. The molecule has 2 unspecified atom stereocenters. The Morgan fingerprint density at radius 2 is 2.14 bits per heavy atom. The molecule has 1 aromatic rings. The summed E-state index contributed by atoms with van der Waals surface area (Å²) >= 11 is 3.27. The van der Waals surface area contributed by atoms with E-state index >= 15 is 0 Å². The maximum atomic E-state index is 13.4. The van der Waals surface area contributed by atoms with Gasteiger partial charge in [-0.1, -0.05) is 15.9 Å². The van der Waals surface area contributed by atoms with Gasteiger partial charge in [-0.05, 0) is 32.2 Å². The summed E-state index contributed by atoms with van der Waals surface area (Å²) in [5, 5.41) is 12.3. The Bertz CT molecular complexity index is 317. The second-order valence-electron chi connectivity index (χ2n) is 3.17. The molecule has 1 rings (SSSR count). The van der Waals surface area contributed by atoms with Crippen LogP contribution >= 0.6 is 15.9 Å². The Labute approximate surface area is 91.3 Å². The molecule has 0 aromatic heterocycles. The van der Waals surface area contributed by atoms with E-state index in [1.807, 2.05) is 0 Å². The summed E-state index contributed by atoms with van der Waals surface area (Å²) in [6.07, 6.45) is -0.635. The normalized spacial score (nSPS) is 15.2. The highest BCUT2D eigenvalue weighted by Crippen LogP contribution is 2.23. The molecule has 78 valence electrons. The summed E-state index contributed by atoms with van der Waals surface area (Å²) in [5.74, 6) is -0.312. The van der Waals surface area contributed by atoms with E-state index in [9.17, 15) is 9.50 Å². The Balaban J connectivity index is 3.08. The first-order chi connectivity index (χ1) is 6.56. The van der Waals surface area contributed by atoms with E-state index in [1.54, 1.807) is 26.1 Å². The van der Waals surface area contributed by atoms with E-state index in [2.05, 4.69) is 21.2 Å². The highest BCUT2D eigenvalue weighted by atomic mass is 79.9. The van der Waals surface area contributed by atoms with Gasteiger partial charge in [0.05, 0.1) is 12.1 Å². The molecule has 0 fully saturated rings. The van der Waals surface area contributed by atoms with Gasteiger partial charge in [0.2, 0.25) is 0 Å². The number of rotatable bonds is 3. The third kappa shape index (κ3) is 2.53. The summed E-state index contributed by atoms with van der Waals surface area (Å²) in [4.78, 5) is 0. The van der Waals surface area contributed by atoms with Gasteiger partial charge >= 0.3 is 0 Å². The predicted octanol–water partition coefficient (Wildman–Crippen LogP) is 2.23. The van der Waals surface area contributed by atoms with Gasteiger partial charge < -0.3 is 10.4 Å². The second kappa shape index (κ2) is 4.87. The van der Waals surface area contributed by atoms with Crippen LogP contribution in [0.2, 0.25) is 0 Å². The number of aliphatic hydroxyl groups excluding tert-OH is 1. The molecule has 14 heavy (non-hydrogen) atoms. The van der Waals surface area contributed by atoms with Crippen molar-refractivity contribution in [3.63, 3.8) is 0 Å². The molecular formula is C10H13BrFNO. The molecule has 4 heteroatoms. The molecule has 0 saturated carbocycles. The zero-order chi connectivity index (χ0) is 10.7. The summed E-state index contributed by atoms with van der Waals surface area (Å²) < 4.78 is 14.2. The summed E-state index contributed by atoms with van der Waals surface area (Å²) in [7, 11) is 1.69. The number of likely N-dealkylation sites (N-methyl/N-ethyl adjacent to an activating group) is 1. The summed E-state index contributed by atoms with van der Waals surface area (Å²) in [6, 6.07) is 4.30. The molecule has 2 atom stereocenters. The number of hydrogen-bond acceptors (Lipinski definition) is 2. The van der Waals surface area contributed by atoms with Crippen molar-refractivity contribution in [3.8, 4) is 0 Å². The van der Waals surface area contributed by atoms with Crippen LogP contribution in [0.4, 0.5) is 4.39 Å². The van der Waals surface area contributed by atoms with E-state index in [0.717, 1.165) is 4.47 Å². The topological polar surface area (TPSA) is 32.3 Å². The highest BCUT2D eigenvalue weighted by Gasteiger charge is 2.18. The molecule has 0 amide bonds.